The molecule has 2 rings (SSSR count). The van der Waals surface area contributed by atoms with Gasteiger partial charge in [-0.05, 0) is 34.9 Å². The molecule has 17 heavy (non-hydrogen) atoms. The van der Waals surface area contributed by atoms with Crippen molar-refractivity contribution in [3.05, 3.63) is 76.3 Å². The molecule has 0 spiro atoms. The fraction of sp³-hybridized carbons (Fsp3) is 0. The van der Waals surface area contributed by atoms with Crippen molar-refractivity contribution in [1.82, 2.24) is 0 Å². The number of hydrogen-bond donors (Lipinski definition) is 0. The molecule has 0 aliphatic rings. The molecule has 0 unspecified atom stereocenters. The van der Waals surface area contributed by atoms with Gasteiger partial charge in [0.25, 0.3) is 0 Å². The average Bonchev–Trinajstić information content (AvgIpc) is 2.38. The topological polar surface area (TPSA) is 17.1 Å². The van der Waals surface area contributed by atoms with Crippen LogP contribution in [0.5, 0.6) is 0 Å². The van der Waals surface area contributed by atoms with Crippen LogP contribution in [0.3, 0.4) is 0 Å². The van der Waals surface area contributed by atoms with Gasteiger partial charge in [0.05, 0.1) is 0 Å². The third kappa shape index (κ3) is 2.92. The molecule has 0 saturated heterocycles. The van der Waals surface area contributed by atoms with E-state index in [1.54, 1.807) is 6.08 Å². The predicted molar refractivity (Wildman–Crippen MR) is 73.7 cm³/mol. The molecule has 0 N–H and O–H groups in total. The predicted octanol–water partition coefficient (Wildman–Crippen LogP) is 4.08. The Balaban J connectivity index is 2.47. The van der Waals surface area contributed by atoms with Crippen molar-refractivity contribution in [1.29, 1.82) is 0 Å². The normalized spacial score (nSPS) is 11.2. The van der Waals surface area contributed by atoms with E-state index in [1.807, 2.05) is 54.6 Å². The van der Waals surface area contributed by atoms with Crippen LogP contribution in [0.4, 0.5) is 0 Å². The molecule has 2 heteroatoms. The monoisotopic (exact) mass is 286 g/mol. The molecule has 2 aromatic rings. The summed E-state index contributed by atoms with van der Waals surface area (Å²) in [7, 11) is 0. The number of halogens is 1. The fourth-order valence-corrected chi connectivity index (χ4v) is 1.94. The number of hydrogen-bond acceptors (Lipinski definition) is 1. The summed E-state index contributed by atoms with van der Waals surface area (Å²) in [5.74, 6) is 0. The van der Waals surface area contributed by atoms with E-state index in [0.717, 1.165) is 27.5 Å². The summed E-state index contributed by atoms with van der Waals surface area (Å²) in [6, 6.07) is 17.8. The van der Waals surface area contributed by atoms with Crippen LogP contribution in [-0.2, 0) is 4.79 Å². The average molecular weight is 287 g/mol. The minimum Gasteiger partial charge on any atom is -0.299 e. The zero-order valence-electron chi connectivity index (χ0n) is 9.14. The number of benzene rings is 2. The number of carbonyl (C=O) groups is 1. The van der Waals surface area contributed by atoms with Gasteiger partial charge in [-0.2, -0.15) is 0 Å². The smallest absolute Gasteiger partial charge is 0.143 e. The van der Waals surface area contributed by atoms with E-state index >= 15 is 0 Å². The molecule has 0 fully saturated rings. The molecule has 0 atom stereocenters. The first-order valence-corrected chi connectivity index (χ1v) is 6.07. The first-order chi connectivity index (χ1) is 8.31. The highest BCUT2D eigenvalue weighted by molar-refractivity contribution is 9.10. The summed E-state index contributed by atoms with van der Waals surface area (Å²) in [6.45, 7) is 0. The van der Waals surface area contributed by atoms with E-state index in [4.69, 9.17) is 0 Å². The molecular weight excluding hydrogens is 276 g/mol. The van der Waals surface area contributed by atoms with E-state index in [-0.39, 0.29) is 0 Å². The van der Waals surface area contributed by atoms with Crippen LogP contribution in [0.15, 0.2) is 65.1 Å². The molecule has 0 radical (unpaired) electrons. The highest BCUT2D eigenvalue weighted by Gasteiger charge is 2.03. The molecule has 0 aliphatic heterocycles. The molecule has 84 valence electrons. The van der Waals surface area contributed by atoms with Crippen LogP contribution in [0.25, 0.3) is 5.57 Å². The van der Waals surface area contributed by atoms with Gasteiger partial charge in [-0.25, -0.2) is 0 Å². The van der Waals surface area contributed by atoms with Gasteiger partial charge in [0.1, 0.15) is 6.29 Å². The maximum absolute atomic E-state index is 10.7. The van der Waals surface area contributed by atoms with Gasteiger partial charge in [0, 0.05) is 4.47 Å². The lowest BCUT2D eigenvalue weighted by atomic mass is 9.98. The highest BCUT2D eigenvalue weighted by atomic mass is 79.9. The van der Waals surface area contributed by atoms with Gasteiger partial charge in [0.2, 0.25) is 0 Å². The van der Waals surface area contributed by atoms with Crippen molar-refractivity contribution >= 4 is 27.8 Å². The lowest BCUT2D eigenvalue weighted by Gasteiger charge is -2.07. The molecule has 0 saturated carbocycles. The zero-order chi connectivity index (χ0) is 12.1. The Morgan fingerprint density at radius 1 is 0.882 bits per heavy atom. The number of aldehydes is 1. The zero-order valence-corrected chi connectivity index (χ0v) is 10.7. The van der Waals surface area contributed by atoms with Crippen molar-refractivity contribution in [2.24, 2.45) is 0 Å². The lowest BCUT2D eigenvalue weighted by molar-refractivity contribution is -0.104. The number of carbonyl (C=O) groups excluding carboxylic acids is 1. The quantitative estimate of drug-likeness (QED) is 0.614. The summed E-state index contributed by atoms with van der Waals surface area (Å²) in [4.78, 5) is 10.7. The largest absolute Gasteiger partial charge is 0.299 e. The molecule has 2 aromatic carbocycles. The minimum absolute atomic E-state index is 0.824. The summed E-state index contributed by atoms with van der Waals surface area (Å²) >= 11 is 3.40. The van der Waals surface area contributed by atoms with Crippen molar-refractivity contribution in [2.45, 2.75) is 0 Å². The minimum atomic E-state index is 0.824. The van der Waals surface area contributed by atoms with Gasteiger partial charge in [-0.1, -0.05) is 58.4 Å². The van der Waals surface area contributed by atoms with Crippen molar-refractivity contribution < 1.29 is 4.79 Å². The SMILES string of the molecule is O=C/C=C(\c1ccccc1)c1ccc(Br)cc1. The van der Waals surface area contributed by atoms with E-state index in [9.17, 15) is 4.79 Å². The summed E-state index contributed by atoms with van der Waals surface area (Å²) < 4.78 is 1.03. The van der Waals surface area contributed by atoms with E-state index in [0.29, 0.717) is 0 Å². The summed E-state index contributed by atoms with van der Waals surface area (Å²) in [6.07, 6.45) is 2.42. The van der Waals surface area contributed by atoms with Gasteiger partial charge < -0.3 is 0 Å². The Kier molecular flexibility index (Phi) is 3.89. The van der Waals surface area contributed by atoms with Crippen LogP contribution < -0.4 is 0 Å². The molecule has 0 amide bonds. The van der Waals surface area contributed by atoms with Gasteiger partial charge in [-0.15, -0.1) is 0 Å². The van der Waals surface area contributed by atoms with Crippen molar-refractivity contribution in [2.75, 3.05) is 0 Å². The van der Waals surface area contributed by atoms with Crippen LogP contribution in [0.2, 0.25) is 0 Å². The van der Waals surface area contributed by atoms with E-state index in [1.165, 1.54) is 0 Å². The Morgan fingerprint density at radius 3 is 2.06 bits per heavy atom. The summed E-state index contributed by atoms with van der Waals surface area (Å²) in [5.41, 5.74) is 3.02. The second-order valence-corrected chi connectivity index (χ2v) is 4.51. The Bertz CT molecular complexity index is 527. The second-order valence-electron chi connectivity index (χ2n) is 3.59. The molecule has 0 aliphatic carbocycles. The van der Waals surface area contributed by atoms with Crippen LogP contribution in [0, 0.1) is 0 Å². The Labute approximate surface area is 109 Å². The van der Waals surface area contributed by atoms with Gasteiger partial charge in [0.15, 0.2) is 0 Å². The molecule has 0 aromatic heterocycles. The van der Waals surface area contributed by atoms with Crippen molar-refractivity contribution in [3.63, 3.8) is 0 Å². The first-order valence-electron chi connectivity index (χ1n) is 5.28. The summed E-state index contributed by atoms with van der Waals surface area (Å²) in [5, 5.41) is 0. The molecule has 1 nitrogen and oxygen atoms in total. The van der Waals surface area contributed by atoms with Gasteiger partial charge in [-0.3, -0.25) is 4.79 Å². The standard InChI is InChI=1S/C15H11BrO/c16-14-8-6-13(7-9-14)15(10-11-17)12-4-2-1-3-5-12/h1-11H/b15-10+. The van der Waals surface area contributed by atoms with Crippen LogP contribution in [0.1, 0.15) is 11.1 Å². The Hall–Kier alpha value is -1.67. The van der Waals surface area contributed by atoms with E-state index in [2.05, 4.69) is 15.9 Å². The third-order valence-corrected chi connectivity index (χ3v) is 3.00. The van der Waals surface area contributed by atoms with Gasteiger partial charge >= 0.3 is 0 Å². The molecule has 0 bridgehead atoms. The maximum atomic E-state index is 10.7. The fourth-order valence-electron chi connectivity index (χ4n) is 1.67. The third-order valence-electron chi connectivity index (χ3n) is 2.47. The lowest BCUT2D eigenvalue weighted by Crippen LogP contribution is -1.88. The molecular formula is C15H11BrO. The second kappa shape index (κ2) is 5.60. The van der Waals surface area contributed by atoms with E-state index < -0.39 is 0 Å². The maximum Gasteiger partial charge on any atom is 0.143 e. The first kappa shape index (κ1) is 11.8. The van der Waals surface area contributed by atoms with Crippen molar-refractivity contribution in [3.8, 4) is 0 Å². The number of rotatable bonds is 3. The molecule has 0 heterocycles. The van der Waals surface area contributed by atoms with Crippen LogP contribution in [-0.4, -0.2) is 6.29 Å². The Morgan fingerprint density at radius 2 is 1.47 bits per heavy atom. The van der Waals surface area contributed by atoms with Crippen LogP contribution >= 0.6 is 15.9 Å². The number of allylic oxidation sites excluding steroid dienone is 1. The highest BCUT2D eigenvalue weighted by Crippen LogP contribution is 2.24.